The Hall–Kier alpha value is -3.80. The summed E-state index contributed by atoms with van der Waals surface area (Å²) in [5.41, 5.74) is 3.75. The van der Waals surface area contributed by atoms with Gasteiger partial charge in [-0.05, 0) is 63.5 Å². The summed E-state index contributed by atoms with van der Waals surface area (Å²) in [6.45, 7) is 6.21. The fourth-order valence-corrected chi connectivity index (χ4v) is 5.99. The van der Waals surface area contributed by atoms with Gasteiger partial charge in [-0.25, -0.2) is 0 Å². The molecule has 0 saturated heterocycles. The predicted molar refractivity (Wildman–Crippen MR) is 142 cm³/mol. The van der Waals surface area contributed by atoms with Crippen molar-refractivity contribution in [2.45, 2.75) is 51.6 Å². The van der Waals surface area contributed by atoms with Gasteiger partial charge in [0.05, 0.1) is 22.2 Å². The minimum Gasteiger partial charge on any atom is -0.487 e. The molecule has 6 nitrogen and oxygen atoms in total. The number of allylic oxidation sites excluding steroid dienone is 2. The Kier molecular flexibility index (Phi) is 4.94. The molecule has 2 aromatic carbocycles. The Labute approximate surface area is 209 Å². The van der Waals surface area contributed by atoms with Gasteiger partial charge in [-0.3, -0.25) is 9.59 Å². The molecule has 0 fully saturated rings. The summed E-state index contributed by atoms with van der Waals surface area (Å²) in [6, 6.07) is 15.7. The molecule has 6 heteroatoms. The molecule has 4 heterocycles. The normalized spacial score (nSPS) is 19.5. The van der Waals surface area contributed by atoms with Crippen molar-refractivity contribution in [3.8, 4) is 11.5 Å². The van der Waals surface area contributed by atoms with E-state index in [1.165, 1.54) is 0 Å². The van der Waals surface area contributed by atoms with Crippen LogP contribution in [0.5, 0.6) is 11.5 Å². The zero-order chi connectivity index (χ0) is 25.4. The van der Waals surface area contributed by atoms with Crippen molar-refractivity contribution in [1.29, 1.82) is 0 Å². The van der Waals surface area contributed by atoms with Crippen LogP contribution in [0.25, 0.3) is 21.8 Å². The Morgan fingerprint density at radius 1 is 0.917 bits per heavy atom. The van der Waals surface area contributed by atoms with Crippen LogP contribution < -0.4 is 20.6 Å². The van der Waals surface area contributed by atoms with E-state index in [4.69, 9.17) is 9.47 Å². The van der Waals surface area contributed by atoms with Gasteiger partial charge in [0.15, 0.2) is 0 Å². The average Bonchev–Trinajstić information content (AvgIpc) is 3.31. The van der Waals surface area contributed by atoms with Crippen LogP contribution in [0, 0.1) is 0 Å². The van der Waals surface area contributed by atoms with E-state index in [9.17, 15) is 9.59 Å². The van der Waals surface area contributed by atoms with Crippen molar-refractivity contribution in [2.24, 2.45) is 14.1 Å². The van der Waals surface area contributed by atoms with Crippen LogP contribution >= 0.6 is 0 Å². The number of rotatable bonds is 2. The van der Waals surface area contributed by atoms with Crippen molar-refractivity contribution in [2.75, 3.05) is 0 Å². The largest absolute Gasteiger partial charge is 0.487 e. The van der Waals surface area contributed by atoms with E-state index in [0.29, 0.717) is 29.9 Å². The second-order valence-electron chi connectivity index (χ2n) is 10.8. The summed E-state index contributed by atoms with van der Waals surface area (Å²) in [7, 11) is 3.63. The lowest BCUT2D eigenvalue weighted by Crippen LogP contribution is -2.39. The lowest BCUT2D eigenvalue weighted by Gasteiger charge is -2.38. The Morgan fingerprint density at radius 3 is 2.17 bits per heavy atom. The van der Waals surface area contributed by atoms with Gasteiger partial charge < -0.3 is 18.6 Å². The Balaban J connectivity index is 1.45. The molecule has 0 spiro atoms. The molecule has 2 aliphatic heterocycles. The first-order valence-electron chi connectivity index (χ1n) is 12.4. The molecule has 4 aromatic rings. The van der Waals surface area contributed by atoms with Crippen LogP contribution in [-0.4, -0.2) is 14.7 Å². The standard InChI is InChI=1S/C30H30N2O4/c1-17(24-15-21-26(35-24)19-10-6-8-12-22(19)31(4)28(21)33)14-18-16-30(2,3)36-27-20-11-7-9-13-23(20)32(5)29(34)25(18)27/h6-13,18H,14-16H2,1-5H3/b24-17+/t18-/m0/s1. The fourth-order valence-electron chi connectivity index (χ4n) is 5.99. The van der Waals surface area contributed by atoms with Crippen molar-refractivity contribution in [3.05, 3.63) is 91.7 Å². The number of para-hydroxylation sites is 2. The second-order valence-corrected chi connectivity index (χ2v) is 10.8. The summed E-state index contributed by atoms with van der Waals surface area (Å²) in [5.74, 6) is 2.15. The van der Waals surface area contributed by atoms with Gasteiger partial charge in [0.25, 0.3) is 11.1 Å². The smallest absolute Gasteiger partial charge is 0.258 e. The van der Waals surface area contributed by atoms with Crippen LogP contribution in [0.4, 0.5) is 0 Å². The van der Waals surface area contributed by atoms with Gasteiger partial charge in [-0.1, -0.05) is 24.3 Å². The number of aromatic nitrogens is 2. The summed E-state index contributed by atoms with van der Waals surface area (Å²) in [6.07, 6.45) is 1.85. The first-order chi connectivity index (χ1) is 17.2. The number of nitrogens with zero attached hydrogens (tertiary/aromatic N) is 2. The van der Waals surface area contributed by atoms with E-state index in [1.54, 1.807) is 16.2 Å². The molecule has 0 saturated carbocycles. The number of hydrogen-bond acceptors (Lipinski definition) is 4. The third-order valence-electron chi connectivity index (χ3n) is 7.75. The number of fused-ring (bicyclic) bond motifs is 6. The monoisotopic (exact) mass is 482 g/mol. The SMILES string of the molecule is C/C(C[C@H]1CC(C)(C)Oc2c1c(=O)n(C)c1ccccc21)=C1/Cc2c(c3ccccc3n(C)c2=O)O1. The zero-order valence-electron chi connectivity index (χ0n) is 21.3. The van der Waals surface area contributed by atoms with E-state index < -0.39 is 5.60 Å². The molecular formula is C30H30N2O4. The highest BCUT2D eigenvalue weighted by atomic mass is 16.5. The zero-order valence-corrected chi connectivity index (χ0v) is 21.3. The molecule has 0 N–H and O–H groups in total. The molecule has 2 aliphatic rings. The minimum atomic E-state index is -0.413. The number of pyridine rings is 2. The van der Waals surface area contributed by atoms with Crippen molar-refractivity contribution >= 4 is 21.8 Å². The van der Waals surface area contributed by atoms with E-state index in [0.717, 1.165) is 45.1 Å². The predicted octanol–water partition coefficient (Wildman–Crippen LogP) is 5.33. The highest BCUT2D eigenvalue weighted by Crippen LogP contribution is 2.46. The van der Waals surface area contributed by atoms with Crippen LogP contribution in [0.15, 0.2) is 69.5 Å². The van der Waals surface area contributed by atoms with Gasteiger partial charge in [0.1, 0.15) is 22.9 Å². The molecular weight excluding hydrogens is 452 g/mol. The average molecular weight is 483 g/mol. The van der Waals surface area contributed by atoms with Crippen molar-refractivity contribution in [3.63, 3.8) is 0 Å². The van der Waals surface area contributed by atoms with Crippen molar-refractivity contribution < 1.29 is 9.47 Å². The lowest BCUT2D eigenvalue weighted by molar-refractivity contribution is 0.0729. The third kappa shape index (κ3) is 3.31. The maximum Gasteiger partial charge on any atom is 0.258 e. The molecule has 1 atom stereocenters. The summed E-state index contributed by atoms with van der Waals surface area (Å²) < 4.78 is 16.2. The van der Waals surface area contributed by atoms with Gasteiger partial charge in [0.2, 0.25) is 0 Å². The number of benzene rings is 2. The Morgan fingerprint density at radius 2 is 1.50 bits per heavy atom. The molecule has 0 amide bonds. The number of hydrogen-bond donors (Lipinski definition) is 0. The molecule has 0 radical (unpaired) electrons. The van der Waals surface area contributed by atoms with E-state index >= 15 is 0 Å². The molecule has 36 heavy (non-hydrogen) atoms. The molecule has 0 aliphatic carbocycles. The first kappa shape index (κ1) is 22.7. The van der Waals surface area contributed by atoms with Gasteiger partial charge >= 0.3 is 0 Å². The van der Waals surface area contributed by atoms with E-state index in [2.05, 4.69) is 20.8 Å². The first-order valence-corrected chi connectivity index (χ1v) is 12.4. The third-order valence-corrected chi connectivity index (χ3v) is 7.75. The lowest BCUT2D eigenvalue weighted by atomic mass is 9.80. The maximum absolute atomic E-state index is 13.6. The second kappa shape index (κ2) is 7.85. The van der Waals surface area contributed by atoms with Crippen LogP contribution in [0.3, 0.4) is 0 Å². The highest BCUT2D eigenvalue weighted by molar-refractivity contribution is 5.88. The summed E-state index contributed by atoms with van der Waals surface area (Å²) in [5, 5.41) is 1.90. The topological polar surface area (TPSA) is 62.5 Å². The molecule has 0 bridgehead atoms. The van der Waals surface area contributed by atoms with E-state index in [1.807, 2.05) is 55.6 Å². The summed E-state index contributed by atoms with van der Waals surface area (Å²) in [4.78, 5) is 26.6. The van der Waals surface area contributed by atoms with E-state index in [-0.39, 0.29) is 17.0 Å². The molecule has 0 unspecified atom stereocenters. The van der Waals surface area contributed by atoms with Crippen LogP contribution in [0.1, 0.15) is 50.7 Å². The minimum absolute atomic E-state index is 0.0162. The highest BCUT2D eigenvalue weighted by Gasteiger charge is 2.38. The van der Waals surface area contributed by atoms with Gasteiger partial charge in [-0.15, -0.1) is 0 Å². The maximum atomic E-state index is 13.6. The van der Waals surface area contributed by atoms with Gasteiger partial charge in [0, 0.05) is 37.2 Å². The Bertz CT molecular complexity index is 1720. The van der Waals surface area contributed by atoms with Crippen molar-refractivity contribution in [1.82, 2.24) is 9.13 Å². The number of aryl methyl sites for hydroxylation is 2. The number of ether oxygens (including phenoxy) is 2. The van der Waals surface area contributed by atoms with Crippen LogP contribution in [0.2, 0.25) is 0 Å². The quantitative estimate of drug-likeness (QED) is 0.387. The van der Waals surface area contributed by atoms with Crippen LogP contribution in [-0.2, 0) is 20.5 Å². The molecule has 6 rings (SSSR count). The fraction of sp³-hybridized carbons (Fsp3) is 0.333. The molecule has 2 aromatic heterocycles. The summed E-state index contributed by atoms with van der Waals surface area (Å²) >= 11 is 0. The van der Waals surface area contributed by atoms with Gasteiger partial charge in [-0.2, -0.15) is 0 Å². The molecule has 184 valence electrons.